The average molecular weight is 266 g/mol. The van der Waals surface area contributed by atoms with Gasteiger partial charge in [0.25, 0.3) is 0 Å². The summed E-state index contributed by atoms with van der Waals surface area (Å²) in [4.78, 5) is 4.49. The first-order valence-corrected chi connectivity index (χ1v) is 6.49. The van der Waals surface area contributed by atoms with Gasteiger partial charge < -0.3 is 0 Å². The van der Waals surface area contributed by atoms with Crippen molar-refractivity contribution in [2.45, 2.75) is 31.6 Å². The molecule has 1 aliphatic rings. The van der Waals surface area contributed by atoms with Gasteiger partial charge >= 0.3 is 0 Å². The van der Waals surface area contributed by atoms with Gasteiger partial charge in [-0.25, -0.2) is 9.37 Å². The molecule has 1 aromatic carbocycles. The molecule has 3 rings (SSSR count). The van der Waals surface area contributed by atoms with Gasteiger partial charge in [0.1, 0.15) is 11.6 Å². The fourth-order valence-corrected chi connectivity index (χ4v) is 2.60. The van der Waals surface area contributed by atoms with Gasteiger partial charge in [0.05, 0.1) is 5.02 Å². The summed E-state index contributed by atoms with van der Waals surface area (Å²) < 4.78 is 13.1. The molecule has 1 aliphatic carbocycles. The highest BCUT2D eigenvalue weighted by Crippen LogP contribution is 2.33. The molecule has 0 spiro atoms. The molecular formula is C13H13ClFN3. The van der Waals surface area contributed by atoms with Crippen LogP contribution in [-0.4, -0.2) is 15.2 Å². The molecule has 1 saturated carbocycles. The number of benzene rings is 1. The number of hydrogen-bond donors (Lipinski definition) is 1. The fourth-order valence-electron chi connectivity index (χ4n) is 2.42. The summed E-state index contributed by atoms with van der Waals surface area (Å²) >= 11 is 5.76. The zero-order chi connectivity index (χ0) is 12.5. The number of H-pyrrole nitrogens is 1. The van der Waals surface area contributed by atoms with E-state index >= 15 is 0 Å². The van der Waals surface area contributed by atoms with Crippen LogP contribution in [0.5, 0.6) is 0 Å². The van der Waals surface area contributed by atoms with E-state index in [1.165, 1.54) is 31.7 Å². The molecule has 0 saturated heterocycles. The molecule has 5 heteroatoms. The Labute approximate surface area is 109 Å². The summed E-state index contributed by atoms with van der Waals surface area (Å²) in [6.07, 6.45) is 4.84. The van der Waals surface area contributed by atoms with Crippen LogP contribution in [0.3, 0.4) is 0 Å². The Morgan fingerprint density at radius 2 is 2.06 bits per heavy atom. The van der Waals surface area contributed by atoms with Crippen molar-refractivity contribution in [2.75, 3.05) is 0 Å². The van der Waals surface area contributed by atoms with Crippen LogP contribution in [0.15, 0.2) is 18.2 Å². The maximum atomic E-state index is 13.1. The number of hydrogen-bond acceptors (Lipinski definition) is 2. The van der Waals surface area contributed by atoms with E-state index in [9.17, 15) is 4.39 Å². The highest BCUT2D eigenvalue weighted by atomic mass is 35.5. The van der Waals surface area contributed by atoms with E-state index in [4.69, 9.17) is 11.6 Å². The van der Waals surface area contributed by atoms with Crippen molar-refractivity contribution in [3.8, 4) is 11.4 Å². The van der Waals surface area contributed by atoms with Crippen molar-refractivity contribution < 1.29 is 4.39 Å². The molecule has 0 aliphatic heterocycles. The molecule has 18 heavy (non-hydrogen) atoms. The molecule has 0 atom stereocenters. The van der Waals surface area contributed by atoms with Crippen molar-refractivity contribution in [1.29, 1.82) is 0 Å². The number of aromatic nitrogens is 3. The lowest BCUT2D eigenvalue weighted by Gasteiger charge is -2.02. The molecule has 2 aromatic rings. The normalized spacial score (nSPS) is 16.3. The third-order valence-corrected chi connectivity index (χ3v) is 3.71. The zero-order valence-electron chi connectivity index (χ0n) is 9.79. The van der Waals surface area contributed by atoms with Gasteiger partial charge in [-0.3, -0.25) is 5.10 Å². The monoisotopic (exact) mass is 265 g/mol. The number of aromatic amines is 1. The van der Waals surface area contributed by atoms with Crippen molar-refractivity contribution in [2.24, 2.45) is 0 Å². The van der Waals surface area contributed by atoms with Gasteiger partial charge in [-0.05, 0) is 31.0 Å². The Hall–Kier alpha value is -1.42. The molecule has 1 heterocycles. The van der Waals surface area contributed by atoms with Crippen LogP contribution in [0.25, 0.3) is 11.4 Å². The maximum Gasteiger partial charge on any atom is 0.181 e. The molecule has 0 amide bonds. The van der Waals surface area contributed by atoms with Crippen LogP contribution in [0.2, 0.25) is 5.02 Å². The van der Waals surface area contributed by atoms with Crippen LogP contribution in [0.1, 0.15) is 37.4 Å². The third kappa shape index (κ3) is 2.12. The highest BCUT2D eigenvalue weighted by molar-refractivity contribution is 6.31. The minimum absolute atomic E-state index is 0.0970. The fraction of sp³-hybridized carbons (Fsp3) is 0.385. The Morgan fingerprint density at radius 3 is 2.78 bits per heavy atom. The molecule has 1 aromatic heterocycles. The van der Waals surface area contributed by atoms with Crippen LogP contribution >= 0.6 is 11.6 Å². The summed E-state index contributed by atoms with van der Waals surface area (Å²) in [7, 11) is 0. The first-order valence-electron chi connectivity index (χ1n) is 6.12. The minimum Gasteiger partial charge on any atom is -0.262 e. The lowest BCUT2D eigenvalue weighted by atomic mass is 10.1. The van der Waals surface area contributed by atoms with Gasteiger partial charge in [0, 0.05) is 11.5 Å². The van der Waals surface area contributed by atoms with E-state index in [1.54, 1.807) is 12.1 Å². The zero-order valence-corrected chi connectivity index (χ0v) is 10.5. The lowest BCUT2D eigenvalue weighted by Crippen LogP contribution is -1.94. The summed E-state index contributed by atoms with van der Waals surface area (Å²) in [5, 5.41) is 7.26. The Kier molecular flexibility index (Phi) is 3.04. The van der Waals surface area contributed by atoms with E-state index in [0.717, 1.165) is 11.4 Å². The summed E-state index contributed by atoms with van der Waals surface area (Å²) in [5.74, 6) is 1.58. The summed E-state index contributed by atoms with van der Waals surface area (Å²) in [5.41, 5.74) is 0.738. The Balaban J connectivity index is 1.89. The van der Waals surface area contributed by atoms with Gasteiger partial charge in [-0.2, -0.15) is 5.10 Å². The molecule has 0 unspecified atom stereocenters. The van der Waals surface area contributed by atoms with Gasteiger partial charge in [-0.15, -0.1) is 0 Å². The predicted octanol–water partition coefficient (Wildman–Crippen LogP) is 3.92. The lowest BCUT2D eigenvalue weighted by molar-refractivity contribution is 0.628. The molecular weight excluding hydrogens is 253 g/mol. The average Bonchev–Trinajstić information content (AvgIpc) is 3.01. The van der Waals surface area contributed by atoms with Crippen molar-refractivity contribution in [1.82, 2.24) is 15.2 Å². The molecule has 94 valence electrons. The topological polar surface area (TPSA) is 41.6 Å². The first kappa shape index (κ1) is 11.7. The standard InChI is InChI=1S/C13H13ClFN3/c14-10-7-9(5-6-11(10)15)13-16-12(17-18-13)8-3-1-2-4-8/h5-8H,1-4H2,(H,16,17,18). The molecule has 0 bridgehead atoms. The predicted molar refractivity (Wildman–Crippen MR) is 68.0 cm³/mol. The minimum atomic E-state index is -0.424. The van der Waals surface area contributed by atoms with Crippen molar-refractivity contribution >= 4 is 11.6 Å². The maximum absolute atomic E-state index is 13.1. The van der Waals surface area contributed by atoms with E-state index in [0.29, 0.717) is 11.7 Å². The summed E-state index contributed by atoms with van der Waals surface area (Å²) in [6.45, 7) is 0. The second-order valence-corrected chi connectivity index (χ2v) is 5.06. The van der Waals surface area contributed by atoms with Crippen LogP contribution in [0.4, 0.5) is 4.39 Å². The van der Waals surface area contributed by atoms with Gasteiger partial charge in [0.15, 0.2) is 5.82 Å². The quantitative estimate of drug-likeness (QED) is 0.894. The van der Waals surface area contributed by atoms with Crippen molar-refractivity contribution in [3.05, 3.63) is 34.9 Å². The number of nitrogens with zero attached hydrogens (tertiary/aromatic N) is 2. The molecule has 0 radical (unpaired) electrons. The highest BCUT2D eigenvalue weighted by Gasteiger charge is 2.21. The van der Waals surface area contributed by atoms with Gasteiger partial charge in [-0.1, -0.05) is 24.4 Å². The second-order valence-electron chi connectivity index (χ2n) is 4.65. The third-order valence-electron chi connectivity index (χ3n) is 3.42. The van der Waals surface area contributed by atoms with E-state index < -0.39 is 5.82 Å². The van der Waals surface area contributed by atoms with E-state index in [1.807, 2.05) is 0 Å². The van der Waals surface area contributed by atoms with E-state index in [2.05, 4.69) is 15.2 Å². The van der Waals surface area contributed by atoms with Crippen LogP contribution in [-0.2, 0) is 0 Å². The SMILES string of the molecule is Fc1ccc(-c2n[nH]c(C3CCCC3)n2)cc1Cl. The molecule has 1 fully saturated rings. The van der Waals surface area contributed by atoms with Gasteiger partial charge in [0.2, 0.25) is 0 Å². The van der Waals surface area contributed by atoms with E-state index in [-0.39, 0.29) is 5.02 Å². The Bertz CT molecular complexity index is 561. The number of rotatable bonds is 2. The smallest absolute Gasteiger partial charge is 0.181 e. The first-order chi connectivity index (χ1) is 8.74. The molecule has 1 N–H and O–H groups in total. The van der Waals surface area contributed by atoms with Crippen LogP contribution in [0, 0.1) is 5.82 Å². The number of halogens is 2. The number of nitrogens with one attached hydrogen (secondary N) is 1. The summed E-state index contributed by atoms with van der Waals surface area (Å²) in [6, 6.07) is 4.53. The Morgan fingerprint density at radius 1 is 1.28 bits per heavy atom. The van der Waals surface area contributed by atoms with Crippen LogP contribution < -0.4 is 0 Å². The second kappa shape index (κ2) is 4.69. The largest absolute Gasteiger partial charge is 0.262 e. The molecule has 3 nitrogen and oxygen atoms in total. The van der Waals surface area contributed by atoms with Crippen molar-refractivity contribution in [3.63, 3.8) is 0 Å².